The zero-order valence-corrected chi connectivity index (χ0v) is 10.3. The van der Waals surface area contributed by atoms with Crippen LogP contribution in [0.1, 0.15) is 20.3 Å². The summed E-state index contributed by atoms with van der Waals surface area (Å²) in [6.45, 7) is 6.74. The second-order valence-electron chi connectivity index (χ2n) is 4.16. The second-order valence-corrected chi connectivity index (χ2v) is 4.16. The summed E-state index contributed by atoms with van der Waals surface area (Å²) in [6.07, 6.45) is 0.488. The number of carbonyl (C=O) groups is 2. The Bertz CT molecular complexity index is 268. The molecule has 0 aromatic rings. The second kappa shape index (κ2) is 5.84. The van der Waals surface area contributed by atoms with Crippen molar-refractivity contribution in [3.8, 4) is 0 Å². The van der Waals surface area contributed by atoms with E-state index in [4.69, 9.17) is 0 Å². The summed E-state index contributed by atoms with van der Waals surface area (Å²) in [5.41, 5.74) is 0. The predicted molar refractivity (Wildman–Crippen MR) is 62.0 cm³/mol. The monoisotopic (exact) mass is 227 g/mol. The Hall–Kier alpha value is -1.10. The fourth-order valence-electron chi connectivity index (χ4n) is 1.74. The summed E-state index contributed by atoms with van der Waals surface area (Å²) in [6, 6.07) is -0.117. The van der Waals surface area contributed by atoms with E-state index in [-0.39, 0.29) is 17.9 Å². The summed E-state index contributed by atoms with van der Waals surface area (Å²) in [7, 11) is 1.80. The van der Waals surface area contributed by atoms with Crippen molar-refractivity contribution in [3.05, 3.63) is 0 Å². The molecule has 5 heteroatoms. The summed E-state index contributed by atoms with van der Waals surface area (Å²) in [5.74, 6) is 0.197. The van der Waals surface area contributed by atoms with E-state index in [1.54, 1.807) is 11.9 Å². The van der Waals surface area contributed by atoms with Crippen LogP contribution < -0.4 is 5.32 Å². The number of hydrogen-bond acceptors (Lipinski definition) is 3. The minimum absolute atomic E-state index is 0.0579. The number of nitrogens with zero attached hydrogens (tertiary/aromatic N) is 2. The van der Waals surface area contributed by atoms with Crippen LogP contribution in [0.15, 0.2) is 0 Å². The van der Waals surface area contributed by atoms with E-state index in [9.17, 15) is 9.59 Å². The van der Waals surface area contributed by atoms with Crippen LogP contribution in [0.25, 0.3) is 0 Å². The lowest BCUT2D eigenvalue weighted by Crippen LogP contribution is -2.54. The third-order valence-electron chi connectivity index (χ3n) is 3.14. The van der Waals surface area contributed by atoms with Crippen molar-refractivity contribution >= 4 is 11.8 Å². The molecule has 2 amide bonds. The van der Waals surface area contributed by atoms with Gasteiger partial charge in [0.1, 0.15) is 0 Å². The van der Waals surface area contributed by atoms with E-state index in [1.165, 1.54) is 0 Å². The standard InChI is InChI=1S/C11H21N3O2/c1-4-13(3)10(15)5-7-14-8-6-12-11(16)9(14)2/h9H,4-8H2,1-3H3,(H,12,16). The minimum Gasteiger partial charge on any atom is -0.353 e. The van der Waals surface area contributed by atoms with Gasteiger partial charge in [-0.1, -0.05) is 0 Å². The molecule has 1 aliphatic rings. The van der Waals surface area contributed by atoms with Crippen molar-refractivity contribution in [3.63, 3.8) is 0 Å². The Morgan fingerprint density at radius 3 is 2.94 bits per heavy atom. The van der Waals surface area contributed by atoms with Gasteiger partial charge < -0.3 is 10.2 Å². The maximum Gasteiger partial charge on any atom is 0.237 e. The lowest BCUT2D eigenvalue weighted by molar-refractivity contribution is -0.132. The van der Waals surface area contributed by atoms with E-state index >= 15 is 0 Å². The molecule has 0 bridgehead atoms. The lowest BCUT2D eigenvalue weighted by atomic mass is 10.2. The van der Waals surface area contributed by atoms with Gasteiger partial charge in [-0.2, -0.15) is 0 Å². The number of piperazine rings is 1. The molecule has 92 valence electrons. The van der Waals surface area contributed by atoms with Gasteiger partial charge in [0.2, 0.25) is 11.8 Å². The predicted octanol–water partition coefficient (Wildman–Crippen LogP) is -0.325. The maximum absolute atomic E-state index is 11.6. The van der Waals surface area contributed by atoms with Gasteiger partial charge in [0.05, 0.1) is 6.04 Å². The molecule has 1 unspecified atom stereocenters. The molecule has 1 heterocycles. The molecular weight excluding hydrogens is 206 g/mol. The molecule has 0 saturated carbocycles. The average molecular weight is 227 g/mol. The van der Waals surface area contributed by atoms with Crippen LogP contribution in [0.2, 0.25) is 0 Å². The van der Waals surface area contributed by atoms with Crippen molar-refractivity contribution in [2.45, 2.75) is 26.3 Å². The Morgan fingerprint density at radius 1 is 1.62 bits per heavy atom. The first-order chi connectivity index (χ1) is 7.56. The molecular formula is C11H21N3O2. The summed E-state index contributed by atoms with van der Waals surface area (Å²) in [5, 5.41) is 2.81. The van der Waals surface area contributed by atoms with Gasteiger partial charge in [-0.05, 0) is 13.8 Å². The largest absolute Gasteiger partial charge is 0.353 e. The SMILES string of the molecule is CCN(C)C(=O)CCN1CCNC(=O)C1C. The Balaban J connectivity index is 2.37. The van der Waals surface area contributed by atoms with Crippen molar-refractivity contribution in [2.24, 2.45) is 0 Å². The molecule has 1 rings (SSSR count). The van der Waals surface area contributed by atoms with Crippen LogP contribution in [-0.2, 0) is 9.59 Å². The fourth-order valence-corrected chi connectivity index (χ4v) is 1.74. The van der Waals surface area contributed by atoms with E-state index in [0.717, 1.165) is 13.1 Å². The number of carbonyl (C=O) groups excluding carboxylic acids is 2. The number of hydrogen-bond donors (Lipinski definition) is 1. The van der Waals surface area contributed by atoms with Crippen LogP contribution >= 0.6 is 0 Å². The van der Waals surface area contributed by atoms with Crippen molar-refractivity contribution in [1.29, 1.82) is 0 Å². The number of amides is 2. The zero-order chi connectivity index (χ0) is 12.1. The molecule has 1 atom stereocenters. The maximum atomic E-state index is 11.6. The van der Waals surface area contributed by atoms with E-state index in [0.29, 0.717) is 19.5 Å². The van der Waals surface area contributed by atoms with Crippen molar-refractivity contribution < 1.29 is 9.59 Å². The molecule has 5 nitrogen and oxygen atoms in total. The Kier molecular flexibility index (Phi) is 4.73. The first kappa shape index (κ1) is 13.0. The fraction of sp³-hybridized carbons (Fsp3) is 0.818. The number of nitrogens with one attached hydrogen (secondary N) is 1. The molecule has 0 radical (unpaired) electrons. The minimum atomic E-state index is -0.117. The van der Waals surface area contributed by atoms with Gasteiger partial charge in [0, 0.05) is 39.6 Å². The topological polar surface area (TPSA) is 52.7 Å². The van der Waals surface area contributed by atoms with Gasteiger partial charge in [0.25, 0.3) is 0 Å². The highest BCUT2D eigenvalue weighted by atomic mass is 16.2. The van der Waals surface area contributed by atoms with Crippen LogP contribution in [0.5, 0.6) is 0 Å². The highest BCUT2D eigenvalue weighted by Gasteiger charge is 2.25. The summed E-state index contributed by atoms with van der Waals surface area (Å²) >= 11 is 0. The Morgan fingerprint density at radius 2 is 2.31 bits per heavy atom. The first-order valence-corrected chi connectivity index (χ1v) is 5.82. The third kappa shape index (κ3) is 3.20. The smallest absolute Gasteiger partial charge is 0.237 e. The molecule has 16 heavy (non-hydrogen) atoms. The van der Waals surface area contributed by atoms with Gasteiger partial charge in [-0.3, -0.25) is 14.5 Å². The van der Waals surface area contributed by atoms with Crippen LogP contribution in [0, 0.1) is 0 Å². The third-order valence-corrected chi connectivity index (χ3v) is 3.14. The lowest BCUT2D eigenvalue weighted by Gasteiger charge is -2.32. The average Bonchev–Trinajstić information content (AvgIpc) is 2.29. The quantitative estimate of drug-likeness (QED) is 0.716. The number of rotatable bonds is 4. The molecule has 0 aromatic carbocycles. The first-order valence-electron chi connectivity index (χ1n) is 5.82. The normalized spacial score (nSPS) is 21.7. The van der Waals surface area contributed by atoms with E-state index in [1.807, 2.05) is 13.8 Å². The summed E-state index contributed by atoms with van der Waals surface area (Å²) in [4.78, 5) is 26.8. The van der Waals surface area contributed by atoms with E-state index in [2.05, 4.69) is 10.2 Å². The molecule has 1 N–H and O–H groups in total. The molecule has 1 aliphatic heterocycles. The zero-order valence-electron chi connectivity index (χ0n) is 10.3. The van der Waals surface area contributed by atoms with Gasteiger partial charge in [0.15, 0.2) is 0 Å². The highest BCUT2D eigenvalue weighted by Crippen LogP contribution is 2.05. The van der Waals surface area contributed by atoms with Crippen LogP contribution in [0.4, 0.5) is 0 Å². The summed E-state index contributed by atoms with van der Waals surface area (Å²) < 4.78 is 0. The van der Waals surface area contributed by atoms with Gasteiger partial charge in [-0.15, -0.1) is 0 Å². The van der Waals surface area contributed by atoms with Crippen LogP contribution in [0.3, 0.4) is 0 Å². The van der Waals surface area contributed by atoms with Gasteiger partial charge in [-0.25, -0.2) is 0 Å². The van der Waals surface area contributed by atoms with E-state index < -0.39 is 0 Å². The molecule has 1 saturated heterocycles. The highest BCUT2D eigenvalue weighted by molar-refractivity contribution is 5.82. The Labute approximate surface area is 96.8 Å². The molecule has 0 spiro atoms. The van der Waals surface area contributed by atoms with Crippen LogP contribution in [-0.4, -0.2) is 60.9 Å². The van der Waals surface area contributed by atoms with Crippen molar-refractivity contribution in [2.75, 3.05) is 33.2 Å². The van der Waals surface area contributed by atoms with Gasteiger partial charge >= 0.3 is 0 Å². The molecule has 0 aliphatic carbocycles. The van der Waals surface area contributed by atoms with Crippen molar-refractivity contribution in [1.82, 2.24) is 15.1 Å². The molecule has 1 fully saturated rings. The molecule has 0 aromatic heterocycles.